The number of carboxylic acids is 1. The highest BCUT2D eigenvalue weighted by Crippen LogP contribution is 2.30. The molecule has 0 aliphatic rings. The Labute approximate surface area is 148 Å². The van der Waals surface area contributed by atoms with E-state index in [2.05, 4.69) is 10.1 Å². The summed E-state index contributed by atoms with van der Waals surface area (Å²) in [5, 5.41) is 12.1. The predicted molar refractivity (Wildman–Crippen MR) is 87.5 cm³/mol. The van der Waals surface area contributed by atoms with Crippen LogP contribution in [0, 0.1) is 12.7 Å². The maximum Gasteiger partial charge on any atom is 0.490 e. The summed E-state index contributed by atoms with van der Waals surface area (Å²) in [4.78, 5) is 14.0. The van der Waals surface area contributed by atoms with Crippen LogP contribution in [0.3, 0.4) is 0 Å². The highest BCUT2D eigenvalue weighted by molar-refractivity contribution is 7.18. The van der Waals surface area contributed by atoms with E-state index in [1.165, 1.54) is 23.5 Å². The van der Waals surface area contributed by atoms with Crippen molar-refractivity contribution in [2.75, 3.05) is 5.73 Å². The lowest BCUT2D eigenvalue weighted by molar-refractivity contribution is -0.192. The topological polar surface area (TPSA) is 94.0 Å². The summed E-state index contributed by atoms with van der Waals surface area (Å²) in [5.41, 5.74) is 8.00. The average Bonchev–Trinajstić information content (AvgIpc) is 3.13. The molecule has 26 heavy (non-hydrogen) atoms. The van der Waals surface area contributed by atoms with Gasteiger partial charge in [-0.1, -0.05) is 17.4 Å². The maximum absolute atomic E-state index is 13.2. The summed E-state index contributed by atoms with van der Waals surface area (Å²) in [6.45, 7) is 1.89. The standard InChI is InChI=1S/C13H11FN4S.C2HF3O2/c1-8-12(19-13(15)16-8)11-5-6-18(17-11)10-4-2-3-9(14)7-10;3-2(4,5)1(6)7/h2-7H,1H3,(H2,15,16);(H,6,7). The number of aryl methyl sites for hydroxylation is 1. The molecule has 0 atom stereocenters. The quantitative estimate of drug-likeness (QED) is 0.654. The minimum atomic E-state index is -5.08. The molecule has 3 rings (SSSR count). The number of aromatic nitrogens is 3. The number of nitrogens with two attached hydrogens (primary N) is 1. The van der Waals surface area contributed by atoms with Gasteiger partial charge in [0.15, 0.2) is 5.13 Å². The van der Waals surface area contributed by atoms with Gasteiger partial charge in [0.05, 0.1) is 16.3 Å². The molecule has 0 saturated carbocycles. The molecular weight excluding hydrogens is 376 g/mol. The Morgan fingerprint density at radius 3 is 2.46 bits per heavy atom. The zero-order chi connectivity index (χ0) is 19.5. The van der Waals surface area contributed by atoms with Crippen molar-refractivity contribution >= 4 is 22.4 Å². The van der Waals surface area contributed by atoms with Crippen molar-refractivity contribution in [2.45, 2.75) is 13.1 Å². The highest BCUT2D eigenvalue weighted by Gasteiger charge is 2.38. The molecule has 138 valence electrons. The molecule has 3 N–H and O–H groups in total. The first-order valence-electron chi connectivity index (χ1n) is 6.93. The molecule has 0 radical (unpaired) electrons. The van der Waals surface area contributed by atoms with E-state index in [-0.39, 0.29) is 5.82 Å². The Morgan fingerprint density at radius 2 is 1.96 bits per heavy atom. The van der Waals surface area contributed by atoms with Crippen molar-refractivity contribution in [3.05, 3.63) is 48.0 Å². The van der Waals surface area contributed by atoms with Gasteiger partial charge in [-0.15, -0.1) is 0 Å². The first-order chi connectivity index (χ1) is 12.1. The van der Waals surface area contributed by atoms with Gasteiger partial charge < -0.3 is 10.8 Å². The third kappa shape index (κ3) is 4.79. The molecular formula is C15H12F4N4O2S. The van der Waals surface area contributed by atoms with Crippen molar-refractivity contribution in [1.29, 1.82) is 0 Å². The highest BCUT2D eigenvalue weighted by atomic mass is 32.1. The number of carbonyl (C=O) groups is 1. The number of rotatable bonds is 2. The molecule has 0 bridgehead atoms. The second-order valence-electron chi connectivity index (χ2n) is 4.89. The van der Waals surface area contributed by atoms with Crippen LogP contribution in [-0.4, -0.2) is 32.0 Å². The van der Waals surface area contributed by atoms with E-state index in [1.807, 2.05) is 13.0 Å². The second kappa shape index (κ2) is 7.52. The van der Waals surface area contributed by atoms with Crippen LogP contribution in [0.4, 0.5) is 22.7 Å². The monoisotopic (exact) mass is 388 g/mol. The molecule has 2 aromatic heterocycles. The molecule has 3 aromatic rings. The van der Waals surface area contributed by atoms with E-state index in [0.29, 0.717) is 10.8 Å². The van der Waals surface area contributed by atoms with Gasteiger partial charge in [-0.05, 0) is 31.2 Å². The van der Waals surface area contributed by atoms with E-state index >= 15 is 0 Å². The smallest absolute Gasteiger partial charge is 0.475 e. The second-order valence-corrected chi connectivity index (χ2v) is 5.93. The maximum atomic E-state index is 13.2. The molecule has 0 unspecified atom stereocenters. The van der Waals surface area contributed by atoms with Gasteiger partial charge in [-0.25, -0.2) is 18.9 Å². The molecule has 6 nitrogen and oxygen atoms in total. The molecule has 1 aromatic carbocycles. The van der Waals surface area contributed by atoms with Crippen LogP contribution in [-0.2, 0) is 4.79 Å². The summed E-state index contributed by atoms with van der Waals surface area (Å²) in [6.07, 6.45) is -3.29. The fourth-order valence-electron chi connectivity index (χ4n) is 1.86. The average molecular weight is 388 g/mol. The van der Waals surface area contributed by atoms with Crippen molar-refractivity contribution in [3.63, 3.8) is 0 Å². The van der Waals surface area contributed by atoms with Gasteiger partial charge in [-0.2, -0.15) is 18.3 Å². The summed E-state index contributed by atoms with van der Waals surface area (Å²) in [5.74, 6) is -3.04. The largest absolute Gasteiger partial charge is 0.490 e. The van der Waals surface area contributed by atoms with Gasteiger partial charge in [-0.3, -0.25) is 0 Å². The summed E-state index contributed by atoms with van der Waals surface area (Å²) >= 11 is 1.40. The molecule has 2 heterocycles. The number of nitrogens with zero attached hydrogens (tertiary/aromatic N) is 3. The Bertz CT molecular complexity index is 921. The fourth-order valence-corrected chi connectivity index (χ4v) is 2.66. The first-order valence-corrected chi connectivity index (χ1v) is 7.74. The lowest BCUT2D eigenvalue weighted by atomic mass is 10.3. The van der Waals surface area contributed by atoms with Gasteiger partial charge >= 0.3 is 12.1 Å². The molecule has 0 spiro atoms. The fraction of sp³-hybridized carbons (Fsp3) is 0.133. The van der Waals surface area contributed by atoms with Crippen LogP contribution in [0.25, 0.3) is 16.3 Å². The number of thiazole rings is 1. The van der Waals surface area contributed by atoms with Gasteiger partial charge in [0.1, 0.15) is 11.5 Å². The minimum Gasteiger partial charge on any atom is -0.475 e. The number of carboxylic acid groups (broad SMARTS) is 1. The molecule has 0 aliphatic heterocycles. The number of alkyl halides is 3. The van der Waals surface area contributed by atoms with Crippen LogP contribution in [0.1, 0.15) is 5.69 Å². The SMILES string of the molecule is Cc1nc(N)sc1-c1ccn(-c2cccc(F)c2)n1.O=C(O)C(F)(F)F. The lowest BCUT2D eigenvalue weighted by Crippen LogP contribution is -2.21. The van der Waals surface area contributed by atoms with E-state index in [1.54, 1.807) is 23.0 Å². The summed E-state index contributed by atoms with van der Waals surface area (Å²) < 4.78 is 46.6. The Morgan fingerprint density at radius 1 is 1.31 bits per heavy atom. The van der Waals surface area contributed by atoms with Crippen molar-refractivity contribution < 1.29 is 27.5 Å². The van der Waals surface area contributed by atoms with Gasteiger partial charge in [0.25, 0.3) is 0 Å². The van der Waals surface area contributed by atoms with Crippen LogP contribution in [0.15, 0.2) is 36.5 Å². The Hall–Kier alpha value is -2.95. The van der Waals surface area contributed by atoms with Gasteiger partial charge in [0, 0.05) is 6.20 Å². The van der Waals surface area contributed by atoms with E-state index in [9.17, 15) is 17.6 Å². The number of anilines is 1. The van der Waals surface area contributed by atoms with Crippen LogP contribution >= 0.6 is 11.3 Å². The first kappa shape index (κ1) is 19.4. The van der Waals surface area contributed by atoms with E-state index < -0.39 is 12.1 Å². The van der Waals surface area contributed by atoms with Crippen LogP contribution in [0.2, 0.25) is 0 Å². The zero-order valence-electron chi connectivity index (χ0n) is 13.2. The van der Waals surface area contributed by atoms with E-state index in [0.717, 1.165) is 16.3 Å². The summed E-state index contributed by atoms with van der Waals surface area (Å²) in [7, 11) is 0. The molecule has 0 amide bonds. The number of benzene rings is 1. The lowest BCUT2D eigenvalue weighted by Gasteiger charge is -2.00. The third-order valence-electron chi connectivity index (χ3n) is 2.95. The number of hydrogen-bond donors (Lipinski definition) is 2. The van der Waals surface area contributed by atoms with Crippen LogP contribution in [0.5, 0.6) is 0 Å². The zero-order valence-corrected chi connectivity index (χ0v) is 14.0. The molecule has 0 aliphatic carbocycles. The molecule has 0 fully saturated rings. The summed E-state index contributed by atoms with van der Waals surface area (Å²) in [6, 6.07) is 8.16. The van der Waals surface area contributed by atoms with Gasteiger partial charge in [0.2, 0.25) is 0 Å². The number of halogens is 4. The molecule has 11 heteroatoms. The number of aliphatic carboxylic acids is 1. The Balaban J connectivity index is 0.000000298. The van der Waals surface area contributed by atoms with E-state index in [4.69, 9.17) is 15.6 Å². The third-order valence-corrected chi connectivity index (χ3v) is 3.96. The molecule has 0 saturated heterocycles. The van der Waals surface area contributed by atoms with Crippen molar-refractivity contribution in [1.82, 2.24) is 14.8 Å². The van der Waals surface area contributed by atoms with Crippen molar-refractivity contribution in [2.24, 2.45) is 0 Å². The number of hydrogen-bond acceptors (Lipinski definition) is 5. The predicted octanol–water partition coefficient (Wildman–Crippen LogP) is 3.66. The minimum absolute atomic E-state index is 0.284. The Kier molecular flexibility index (Phi) is 5.60. The number of nitrogen functional groups attached to an aromatic ring is 1. The van der Waals surface area contributed by atoms with Crippen molar-refractivity contribution in [3.8, 4) is 16.3 Å². The normalized spacial score (nSPS) is 11.0. The van der Waals surface area contributed by atoms with Crippen LogP contribution < -0.4 is 5.73 Å².